The zero-order valence-corrected chi connectivity index (χ0v) is 22.2. The number of nitrogens with one attached hydrogen (secondary N) is 1. The maximum atomic E-state index is 12.4. The summed E-state index contributed by atoms with van der Waals surface area (Å²) >= 11 is 0. The van der Waals surface area contributed by atoms with Crippen LogP contribution in [-0.2, 0) is 4.74 Å². The third-order valence-corrected chi connectivity index (χ3v) is 7.07. The van der Waals surface area contributed by atoms with E-state index in [0.717, 1.165) is 24.0 Å². The molecule has 1 aliphatic rings. The summed E-state index contributed by atoms with van der Waals surface area (Å²) in [5.74, 6) is 6.13. The van der Waals surface area contributed by atoms with Gasteiger partial charge in [-0.25, -0.2) is 4.79 Å². The van der Waals surface area contributed by atoms with Crippen molar-refractivity contribution in [3.05, 3.63) is 95.1 Å². The first-order chi connectivity index (χ1) is 18.4. The lowest BCUT2D eigenvalue weighted by Gasteiger charge is -2.20. The molecule has 5 heteroatoms. The van der Waals surface area contributed by atoms with Crippen LogP contribution in [0, 0.1) is 11.8 Å². The Morgan fingerprint density at radius 3 is 2.24 bits per heavy atom. The van der Waals surface area contributed by atoms with Crippen molar-refractivity contribution in [1.29, 1.82) is 0 Å². The summed E-state index contributed by atoms with van der Waals surface area (Å²) in [6.07, 6.45) is 2.09. The van der Waals surface area contributed by atoms with E-state index in [2.05, 4.69) is 41.4 Å². The number of hydrogen-bond donors (Lipinski definition) is 3. The van der Waals surface area contributed by atoms with Gasteiger partial charge in [-0.2, -0.15) is 0 Å². The minimum Gasteiger partial charge on any atom is -0.449 e. The van der Waals surface area contributed by atoms with E-state index in [-0.39, 0.29) is 19.1 Å². The molecular weight excluding hydrogens is 474 g/mol. The monoisotopic (exact) mass is 511 g/mol. The summed E-state index contributed by atoms with van der Waals surface area (Å²) in [4.78, 5) is 12.4. The van der Waals surface area contributed by atoms with Crippen molar-refractivity contribution in [3.63, 3.8) is 0 Å². The van der Waals surface area contributed by atoms with Crippen molar-refractivity contribution >= 4 is 6.09 Å². The number of carbonyl (C=O) groups is 1. The van der Waals surface area contributed by atoms with Crippen LogP contribution in [-0.4, -0.2) is 35.1 Å². The van der Waals surface area contributed by atoms with Crippen LogP contribution in [0.4, 0.5) is 4.79 Å². The Labute approximate surface area is 225 Å². The van der Waals surface area contributed by atoms with E-state index in [1.165, 1.54) is 22.3 Å². The average Bonchev–Trinajstić information content (AvgIpc) is 3.25. The van der Waals surface area contributed by atoms with E-state index in [1.54, 1.807) is 0 Å². The topological polar surface area (TPSA) is 78.8 Å². The van der Waals surface area contributed by atoms with E-state index in [0.29, 0.717) is 19.3 Å². The maximum Gasteiger partial charge on any atom is 0.407 e. The van der Waals surface area contributed by atoms with Gasteiger partial charge in [0.1, 0.15) is 12.2 Å². The van der Waals surface area contributed by atoms with Gasteiger partial charge in [-0.1, -0.05) is 99.2 Å². The van der Waals surface area contributed by atoms with Crippen molar-refractivity contribution in [2.24, 2.45) is 0 Å². The molecule has 3 N–H and O–H groups in total. The van der Waals surface area contributed by atoms with Crippen LogP contribution in [0.5, 0.6) is 0 Å². The van der Waals surface area contributed by atoms with Gasteiger partial charge in [-0.3, -0.25) is 0 Å². The first kappa shape index (κ1) is 27.4. The lowest BCUT2D eigenvalue weighted by atomic mass is 9.93. The molecule has 3 aromatic carbocycles. The van der Waals surface area contributed by atoms with Crippen LogP contribution >= 0.6 is 0 Å². The maximum absolute atomic E-state index is 12.4. The molecule has 1 atom stereocenters. The summed E-state index contributed by atoms with van der Waals surface area (Å²) < 4.78 is 5.58. The smallest absolute Gasteiger partial charge is 0.407 e. The molecule has 5 nitrogen and oxygen atoms in total. The SMILES string of the molecule is CCCC(O)(C#Cc1cccc(C(O)CCNC(=O)OCC2c3ccccc3-c3ccccc32)c1)CCC. The van der Waals surface area contributed by atoms with Gasteiger partial charge in [0.25, 0.3) is 0 Å². The molecule has 198 valence electrons. The summed E-state index contributed by atoms with van der Waals surface area (Å²) in [6, 6.07) is 23.9. The molecular formula is C33H37NO4. The lowest BCUT2D eigenvalue weighted by molar-refractivity contribution is 0.0807. The molecule has 0 spiro atoms. The van der Waals surface area contributed by atoms with E-state index in [4.69, 9.17) is 4.74 Å². The minimum absolute atomic E-state index is 0.00917. The van der Waals surface area contributed by atoms with Crippen LogP contribution < -0.4 is 5.32 Å². The fourth-order valence-corrected chi connectivity index (χ4v) is 5.22. The normalized spacial score (nSPS) is 13.2. The molecule has 0 saturated heterocycles. The van der Waals surface area contributed by atoms with Crippen LogP contribution in [0.2, 0.25) is 0 Å². The molecule has 4 rings (SSSR count). The summed E-state index contributed by atoms with van der Waals surface area (Å²) in [5, 5.41) is 24.2. The Kier molecular flexibility index (Phi) is 9.23. The number of aliphatic hydroxyl groups is 2. The van der Waals surface area contributed by atoms with E-state index in [1.807, 2.05) is 62.4 Å². The first-order valence-electron chi connectivity index (χ1n) is 13.6. The highest BCUT2D eigenvalue weighted by Gasteiger charge is 2.29. The van der Waals surface area contributed by atoms with Crippen molar-refractivity contribution in [3.8, 4) is 23.0 Å². The van der Waals surface area contributed by atoms with Gasteiger partial charge in [0.15, 0.2) is 0 Å². The second-order valence-corrected chi connectivity index (χ2v) is 9.96. The van der Waals surface area contributed by atoms with Gasteiger partial charge in [0.2, 0.25) is 0 Å². The van der Waals surface area contributed by atoms with Gasteiger partial charge in [-0.05, 0) is 59.2 Å². The summed E-state index contributed by atoms with van der Waals surface area (Å²) in [5.41, 5.74) is 5.20. The number of hydrogen-bond acceptors (Lipinski definition) is 4. The number of alkyl carbamates (subject to hydrolysis) is 1. The molecule has 0 fully saturated rings. The Hall–Kier alpha value is -3.59. The molecule has 0 aromatic heterocycles. The van der Waals surface area contributed by atoms with E-state index >= 15 is 0 Å². The number of carbonyl (C=O) groups excluding carboxylic acids is 1. The highest BCUT2D eigenvalue weighted by Crippen LogP contribution is 2.44. The largest absolute Gasteiger partial charge is 0.449 e. The number of rotatable bonds is 10. The zero-order valence-electron chi connectivity index (χ0n) is 22.2. The van der Waals surface area contributed by atoms with Crippen molar-refractivity contribution in [1.82, 2.24) is 5.32 Å². The Morgan fingerprint density at radius 1 is 0.974 bits per heavy atom. The highest BCUT2D eigenvalue weighted by molar-refractivity contribution is 5.79. The zero-order chi connectivity index (χ0) is 27.0. The third-order valence-electron chi connectivity index (χ3n) is 7.07. The second kappa shape index (κ2) is 12.8. The fourth-order valence-electron chi connectivity index (χ4n) is 5.22. The molecule has 38 heavy (non-hydrogen) atoms. The number of amides is 1. The van der Waals surface area contributed by atoms with Gasteiger partial charge in [-0.15, -0.1) is 0 Å². The fraction of sp³-hybridized carbons (Fsp3) is 0.364. The Balaban J connectivity index is 1.29. The predicted octanol–water partition coefficient (Wildman–Crippen LogP) is 6.33. The molecule has 1 aliphatic carbocycles. The molecule has 0 heterocycles. The Bertz CT molecular complexity index is 1250. The highest BCUT2D eigenvalue weighted by atomic mass is 16.5. The lowest BCUT2D eigenvalue weighted by Crippen LogP contribution is -2.28. The van der Waals surface area contributed by atoms with Gasteiger partial charge >= 0.3 is 6.09 Å². The standard InChI is InChI=1S/C33H37NO4/c1-3-18-33(37,19-4-2)20-16-24-10-9-11-25(22-24)31(35)17-21-34-32(36)38-23-30-28-14-7-5-12-26(28)27-13-6-8-15-29(27)30/h5-15,22,30-31,35,37H,3-4,17-19,21,23H2,1-2H3,(H,34,36). The van der Waals surface area contributed by atoms with Gasteiger partial charge in [0.05, 0.1) is 6.10 Å². The van der Waals surface area contributed by atoms with Gasteiger partial charge < -0.3 is 20.3 Å². The van der Waals surface area contributed by atoms with Crippen LogP contribution in [0.15, 0.2) is 72.8 Å². The van der Waals surface area contributed by atoms with Crippen LogP contribution in [0.1, 0.15) is 80.2 Å². The first-order valence-corrected chi connectivity index (χ1v) is 13.6. The molecule has 0 radical (unpaired) electrons. The molecule has 1 amide bonds. The van der Waals surface area contributed by atoms with Crippen LogP contribution in [0.25, 0.3) is 11.1 Å². The molecule has 3 aromatic rings. The van der Waals surface area contributed by atoms with Crippen molar-refractivity contribution < 1.29 is 19.7 Å². The summed E-state index contributed by atoms with van der Waals surface area (Å²) in [6.45, 7) is 4.61. The number of aliphatic hydroxyl groups excluding tert-OH is 1. The predicted molar refractivity (Wildman–Crippen MR) is 151 cm³/mol. The summed E-state index contributed by atoms with van der Waals surface area (Å²) in [7, 11) is 0. The molecule has 0 saturated carbocycles. The second-order valence-electron chi connectivity index (χ2n) is 9.96. The van der Waals surface area contributed by atoms with Crippen molar-refractivity contribution in [2.75, 3.05) is 13.2 Å². The Morgan fingerprint density at radius 2 is 1.61 bits per heavy atom. The van der Waals surface area contributed by atoms with Crippen LogP contribution in [0.3, 0.4) is 0 Å². The molecule has 1 unspecified atom stereocenters. The molecule has 0 bridgehead atoms. The average molecular weight is 512 g/mol. The quantitative estimate of drug-likeness (QED) is 0.278. The minimum atomic E-state index is -0.981. The van der Waals surface area contributed by atoms with Crippen molar-refractivity contribution in [2.45, 2.75) is 63.6 Å². The molecule has 0 aliphatic heterocycles. The number of ether oxygens (including phenoxy) is 1. The third kappa shape index (κ3) is 6.64. The van der Waals surface area contributed by atoms with E-state index in [9.17, 15) is 15.0 Å². The van der Waals surface area contributed by atoms with E-state index < -0.39 is 17.8 Å². The number of benzene rings is 3. The number of fused-ring (bicyclic) bond motifs is 3. The van der Waals surface area contributed by atoms with Gasteiger partial charge in [0, 0.05) is 18.0 Å².